The number of hydrogen-bond acceptors (Lipinski definition) is 4. The average molecular weight is 466 g/mol. The molecule has 3 N–H and O–H groups in total. The van der Waals surface area contributed by atoms with Gasteiger partial charge in [0.05, 0.1) is 6.04 Å². The van der Waals surface area contributed by atoms with Gasteiger partial charge < -0.3 is 20.9 Å². The third-order valence-electron chi connectivity index (χ3n) is 5.39. The molecule has 1 aliphatic rings. The molecule has 2 amide bonds. The molecule has 6 nitrogen and oxygen atoms in total. The van der Waals surface area contributed by atoms with Crippen molar-refractivity contribution in [1.82, 2.24) is 10.3 Å². The number of para-hydroxylation sites is 1. The number of benzene rings is 2. The van der Waals surface area contributed by atoms with Crippen LogP contribution in [-0.2, 0) is 0 Å². The van der Waals surface area contributed by atoms with E-state index in [4.69, 9.17) is 5.73 Å². The van der Waals surface area contributed by atoms with E-state index in [2.05, 4.69) is 48.2 Å². The van der Waals surface area contributed by atoms with E-state index in [1.54, 1.807) is 0 Å². The van der Waals surface area contributed by atoms with Gasteiger partial charge in [-0.3, -0.25) is 4.98 Å². The molecule has 7 heteroatoms. The van der Waals surface area contributed by atoms with Crippen LogP contribution in [0.2, 0.25) is 0 Å². The largest absolute Gasteiger partial charge is 0.368 e. The molecule has 3 aromatic rings. The van der Waals surface area contributed by atoms with Crippen LogP contribution in [-0.4, -0.2) is 37.2 Å². The van der Waals surface area contributed by atoms with Crippen molar-refractivity contribution >= 4 is 33.3 Å². The Morgan fingerprint density at radius 2 is 1.57 bits per heavy atom. The number of rotatable bonds is 5. The molecule has 1 atom stereocenters. The average Bonchev–Trinajstić information content (AvgIpc) is 2.79. The van der Waals surface area contributed by atoms with E-state index in [-0.39, 0.29) is 6.04 Å². The van der Waals surface area contributed by atoms with Gasteiger partial charge in [-0.2, -0.15) is 0 Å². The first-order chi connectivity index (χ1) is 14.6. The molecule has 2 heterocycles. The van der Waals surface area contributed by atoms with Gasteiger partial charge in [0.25, 0.3) is 0 Å². The van der Waals surface area contributed by atoms with Gasteiger partial charge in [0.2, 0.25) is 0 Å². The Bertz CT molecular complexity index is 988. The molecule has 0 saturated carbocycles. The van der Waals surface area contributed by atoms with Gasteiger partial charge in [0, 0.05) is 60.0 Å². The zero-order chi connectivity index (χ0) is 20.9. The molecule has 0 radical (unpaired) electrons. The van der Waals surface area contributed by atoms with Gasteiger partial charge >= 0.3 is 6.03 Å². The molecule has 0 aliphatic carbocycles. The maximum atomic E-state index is 11.8. The lowest BCUT2D eigenvalue weighted by Gasteiger charge is -2.39. The van der Waals surface area contributed by atoms with Crippen LogP contribution in [0.15, 0.2) is 77.5 Å². The number of pyridine rings is 1. The molecule has 1 fully saturated rings. The van der Waals surface area contributed by atoms with Crippen molar-refractivity contribution in [1.29, 1.82) is 0 Å². The van der Waals surface area contributed by atoms with Gasteiger partial charge in [-0.15, -0.1) is 0 Å². The molecule has 1 aliphatic heterocycles. The second kappa shape index (κ2) is 9.17. The predicted octanol–water partition coefficient (Wildman–Crippen LogP) is 3.93. The summed E-state index contributed by atoms with van der Waals surface area (Å²) in [5, 5.41) is 2.93. The third kappa shape index (κ3) is 4.57. The fourth-order valence-electron chi connectivity index (χ4n) is 3.92. The molecule has 0 bridgehead atoms. The number of primary amides is 1. The zero-order valence-corrected chi connectivity index (χ0v) is 18.1. The molecule has 1 saturated heterocycles. The third-order valence-corrected chi connectivity index (χ3v) is 5.91. The Balaban J connectivity index is 1.59. The van der Waals surface area contributed by atoms with E-state index in [0.29, 0.717) is 0 Å². The Morgan fingerprint density at radius 3 is 2.23 bits per heavy atom. The van der Waals surface area contributed by atoms with Crippen molar-refractivity contribution in [2.24, 2.45) is 5.73 Å². The highest BCUT2D eigenvalue weighted by Gasteiger charge is 2.24. The summed E-state index contributed by atoms with van der Waals surface area (Å²) in [7, 11) is 0. The predicted molar refractivity (Wildman–Crippen MR) is 124 cm³/mol. The van der Waals surface area contributed by atoms with Crippen molar-refractivity contribution in [2.75, 3.05) is 36.0 Å². The minimum absolute atomic E-state index is 0.315. The van der Waals surface area contributed by atoms with Crippen molar-refractivity contribution in [3.05, 3.63) is 88.7 Å². The topological polar surface area (TPSA) is 74.5 Å². The highest BCUT2D eigenvalue weighted by Crippen LogP contribution is 2.32. The van der Waals surface area contributed by atoms with E-state index < -0.39 is 6.03 Å². The number of nitrogens with zero attached hydrogens (tertiary/aromatic N) is 3. The number of carbonyl (C=O) groups is 1. The van der Waals surface area contributed by atoms with Crippen molar-refractivity contribution in [3.63, 3.8) is 0 Å². The number of amides is 2. The highest BCUT2D eigenvalue weighted by atomic mass is 79.9. The Labute approximate surface area is 184 Å². The molecule has 154 valence electrons. The van der Waals surface area contributed by atoms with E-state index in [9.17, 15) is 4.79 Å². The summed E-state index contributed by atoms with van der Waals surface area (Å²) in [4.78, 5) is 20.6. The van der Waals surface area contributed by atoms with Crippen LogP contribution in [0, 0.1) is 0 Å². The van der Waals surface area contributed by atoms with Gasteiger partial charge in [-0.1, -0.05) is 46.3 Å². The Morgan fingerprint density at radius 1 is 0.933 bits per heavy atom. The van der Waals surface area contributed by atoms with Crippen LogP contribution < -0.4 is 20.9 Å². The van der Waals surface area contributed by atoms with Gasteiger partial charge in [-0.25, -0.2) is 4.79 Å². The van der Waals surface area contributed by atoms with E-state index in [0.717, 1.165) is 47.5 Å². The molecular weight excluding hydrogens is 442 g/mol. The van der Waals surface area contributed by atoms with Crippen molar-refractivity contribution < 1.29 is 4.79 Å². The van der Waals surface area contributed by atoms with Crippen LogP contribution in [0.5, 0.6) is 0 Å². The second-order valence-electron chi connectivity index (χ2n) is 7.23. The summed E-state index contributed by atoms with van der Waals surface area (Å²) in [6.45, 7) is 3.63. The van der Waals surface area contributed by atoms with Crippen LogP contribution >= 0.6 is 15.9 Å². The Kier molecular flexibility index (Phi) is 6.18. The number of aromatic nitrogens is 1. The molecule has 0 spiro atoms. The molecule has 1 aromatic heterocycles. The smallest absolute Gasteiger partial charge is 0.312 e. The molecule has 4 rings (SSSR count). The van der Waals surface area contributed by atoms with E-state index in [1.165, 1.54) is 5.69 Å². The van der Waals surface area contributed by atoms with Crippen LogP contribution in [0.25, 0.3) is 0 Å². The number of piperazine rings is 1. The highest BCUT2D eigenvalue weighted by molar-refractivity contribution is 9.10. The van der Waals surface area contributed by atoms with Gasteiger partial charge in [-0.05, 0) is 35.9 Å². The fraction of sp³-hybridized carbons (Fsp3) is 0.217. The quantitative estimate of drug-likeness (QED) is 0.598. The number of urea groups is 1. The van der Waals surface area contributed by atoms with Crippen LogP contribution in [0.1, 0.15) is 17.2 Å². The first kappa shape index (κ1) is 20.2. The Hall–Kier alpha value is -3.06. The fourth-order valence-corrected chi connectivity index (χ4v) is 4.18. The number of carbonyl (C=O) groups excluding carboxylic acids is 1. The molecule has 2 aromatic carbocycles. The molecular formula is C23H24BrN5O. The standard InChI is InChI=1S/C23H24BrN5O/c24-18-7-5-17(6-8-18)22(27-23(25)30)20-3-1-2-4-21(20)29-15-13-28(14-16-29)19-9-11-26-12-10-19/h1-12,22H,13-16H2,(H3,25,27,30). The maximum Gasteiger partial charge on any atom is 0.312 e. The van der Waals surface area contributed by atoms with Crippen LogP contribution in [0.3, 0.4) is 0 Å². The lowest BCUT2D eigenvalue weighted by Crippen LogP contribution is -2.47. The lowest BCUT2D eigenvalue weighted by atomic mass is 9.96. The normalized spacial score (nSPS) is 15.0. The minimum atomic E-state index is -0.541. The summed E-state index contributed by atoms with van der Waals surface area (Å²) in [6.07, 6.45) is 3.66. The number of nitrogens with two attached hydrogens (primary N) is 1. The zero-order valence-electron chi connectivity index (χ0n) is 16.5. The number of anilines is 2. The second-order valence-corrected chi connectivity index (χ2v) is 8.15. The monoisotopic (exact) mass is 465 g/mol. The van der Waals surface area contributed by atoms with Crippen molar-refractivity contribution in [3.8, 4) is 0 Å². The minimum Gasteiger partial charge on any atom is -0.368 e. The summed E-state index contributed by atoms with van der Waals surface area (Å²) >= 11 is 3.47. The SMILES string of the molecule is NC(=O)NC(c1ccc(Br)cc1)c1ccccc1N1CCN(c2ccncc2)CC1. The van der Waals surface area contributed by atoms with E-state index >= 15 is 0 Å². The summed E-state index contributed by atoms with van der Waals surface area (Å²) in [6, 6.07) is 19.4. The molecule has 30 heavy (non-hydrogen) atoms. The van der Waals surface area contributed by atoms with Crippen molar-refractivity contribution in [2.45, 2.75) is 6.04 Å². The number of nitrogens with one attached hydrogen (secondary N) is 1. The first-order valence-corrected chi connectivity index (χ1v) is 10.7. The summed E-state index contributed by atoms with van der Waals surface area (Å²) < 4.78 is 0.990. The number of halogens is 1. The lowest BCUT2D eigenvalue weighted by molar-refractivity contribution is 0.247. The maximum absolute atomic E-state index is 11.8. The van der Waals surface area contributed by atoms with E-state index in [1.807, 2.05) is 60.9 Å². The summed E-state index contributed by atoms with van der Waals surface area (Å²) in [5.41, 5.74) is 9.86. The van der Waals surface area contributed by atoms with Gasteiger partial charge in [0.1, 0.15) is 0 Å². The van der Waals surface area contributed by atoms with Crippen LogP contribution in [0.4, 0.5) is 16.2 Å². The first-order valence-electron chi connectivity index (χ1n) is 9.92. The number of hydrogen-bond donors (Lipinski definition) is 2. The summed E-state index contributed by atoms with van der Waals surface area (Å²) in [5.74, 6) is 0. The van der Waals surface area contributed by atoms with Gasteiger partial charge in [0.15, 0.2) is 0 Å². The molecule has 1 unspecified atom stereocenters.